The van der Waals surface area contributed by atoms with E-state index in [-0.39, 0.29) is 0 Å². The summed E-state index contributed by atoms with van der Waals surface area (Å²) in [5.41, 5.74) is 1.37. The molecule has 1 aromatic carbocycles. The molecule has 1 aromatic heterocycles. The van der Waals surface area contributed by atoms with E-state index < -0.39 is 0 Å². The van der Waals surface area contributed by atoms with Gasteiger partial charge in [0.1, 0.15) is 5.75 Å². The van der Waals surface area contributed by atoms with Crippen molar-refractivity contribution in [2.24, 2.45) is 0 Å². The first kappa shape index (κ1) is 8.91. The molecule has 2 aromatic rings. The van der Waals surface area contributed by atoms with E-state index in [1.807, 2.05) is 23.9 Å². The summed E-state index contributed by atoms with van der Waals surface area (Å²) < 4.78 is 1.17. The van der Waals surface area contributed by atoms with Gasteiger partial charge in [0.2, 0.25) is 0 Å². The summed E-state index contributed by atoms with van der Waals surface area (Å²) in [7, 11) is 0. The lowest BCUT2D eigenvalue weighted by atomic mass is 10.2. The molecule has 0 radical (unpaired) electrons. The van der Waals surface area contributed by atoms with E-state index in [1.165, 1.54) is 15.6 Å². The first-order valence-electron chi connectivity index (χ1n) is 3.99. The van der Waals surface area contributed by atoms with Crippen molar-refractivity contribution in [3.8, 4) is 5.75 Å². The summed E-state index contributed by atoms with van der Waals surface area (Å²) in [6, 6.07) is 5.56. The summed E-state index contributed by atoms with van der Waals surface area (Å²) >= 11 is 3.52. The molecule has 1 nitrogen and oxygen atoms in total. The van der Waals surface area contributed by atoms with Crippen molar-refractivity contribution in [2.45, 2.75) is 5.75 Å². The monoisotopic (exact) mass is 210 g/mol. The van der Waals surface area contributed by atoms with Crippen LogP contribution >= 0.6 is 23.1 Å². The van der Waals surface area contributed by atoms with Crippen LogP contribution in [0.1, 0.15) is 5.56 Å². The number of phenols is 1. The molecule has 0 unspecified atom stereocenters. The Morgan fingerprint density at radius 2 is 2.31 bits per heavy atom. The molecule has 0 aliphatic heterocycles. The Hall–Kier alpha value is -0.670. The standard InChI is InChI=1S/C10H10OS2/c1-12-5-7-6-13-10-4-8(11)2-3-9(7)10/h2-4,6,11H,5H2,1H3. The van der Waals surface area contributed by atoms with Crippen LogP contribution in [-0.4, -0.2) is 11.4 Å². The van der Waals surface area contributed by atoms with Gasteiger partial charge in [-0.05, 0) is 40.8 Å². The van der Waals surface area contributed by atoms with E-state index in [9.17, 15) is 5.11 Å². The summed E-state index contributed by atoms with van der Waals surface area (Å²) in [5.74, 6) is 1.40. The van der Waals surface area contributed by atoms with E-state index in [2.05, 4.69) is 11.6 Å². The molecule has 3 heteroatoms. The maximum Gasteiger partial charge on any atom is 0.117 e. The minimum atomic E-state index is 0.352. The van der Waals surface area contributed by atoms with Crippen LogP contribution in [0.5, 0.6) is 5.75 Å². The second-order valence-corrected chi connectivity index (χ2v) is 4.65. The lowest BCUT2D eigenvalue weighted by Crippen LogP contribution is -1.74. The number of aromatic hydroxyl groups is 1. The van der Waals surface area contributed by atoms with Crippen molar-refractivity contribution < 1.29 is 5.11 Å². The van der Waals surface area contributed by atoms with Crippen LogP contribution < -0.4 is 0 Å². The number of thiophene rings is 1. The molecule has 2 rings (SSSR count). The van der Waals surface area contributed by atoms with E-state index in [4.69, 9.17) is 0 Å². The molecule has 1 N–H and O–H groups in total. The fraction of sp³-hybridized carbons (Fsp3) is 0.200. The molecule has 0 saturated carbocycles. The van der Waals surface area contributed by atoms with Gasteiger partial charge in [-0.25, -0.2) is 0 Å². The molecule has 13 heavy (non-hydrogen) atoms. The lowest BCUT2D eigenvalue weighted by molar-refractivity contribution is 0.476. The highest BCUT2D eigenvalue weighted by Crippen LogP contribution is 2.30. The van der Waals surface area contributed by atoms with Gasteiger partial charge in [-0.2, -0.15) is 11.8 Å². The zero-order chi connectivity index (χ0) is 9.26. The molecular formula is C10H10OS2. The van der Waals surface area contributed by atoms with Crippen LogP contribution in [0, 0.1) is 0 Å². The van der Waals surface area contributed by atoms with Gasteiger partial charge in [0.25, 0.3) is 0 Å². The molecule has 0 amide bonds. The molecule has 0 bridgehead atoms. The molecule has 0 fully saturated rings. The predicted molar refractivity (Wildman–Crippen MR) is 60.7 cm³/mol. The Kier molecular flexibility index (Phi) is 2.47. The predicted octanol–water partition coefficient (Wildman–Crippen LogP) is 3.47. The van der Waals surface area contributed by atoms with Crippen LogP contribution in [-0.2, 0) is 5.75 Å². The van der Waals surface area contributed by atoms with Crippen molar-refractivity contribution >= 4 is 33.2 Å². The topological polar surface area (TPSA) is 20.2 Å². The third-order valence-corrected chi connectivity index (χ3v) is 3.53. The number of fused-ring (bicyclic) bond motifs is 1. The SMILES string of the molecule is CSCc1csc2cc(O)ccc12. The largest absolute Gasteiger partial charge is 0.508 e. The fourth-order valence-electron chi connectivity index (χ4n) is 1.34. The lowest BCUT2D eigenvalue weighted by Gasteiger charge is -1.96. The van der Waals surface area contributed by atoms with E-state index >= 15 is 0 Å². The normalized spacial score (nSPS) is 10.8. The average Bonchev–Trinajstić information content (AvgIpc) is 2.49. The molecule has 0 aliphatic rings. The average molecular weight is 210 g/mol. The van der Waals surface area contributed by atoms with E-state index in [1.54, 1.807) is 17.4 Å². The van der Waals surface area contributed by atoms with Crippen LogP contribution in [0.3, 0.4) is 0 Å². The van der Waals surface area contributed by atoms with Crippen molar-refractivity contribution in [1.82, 2.24) is 0 Å². The molecule has 0 aliphatic carbocycles. The van der Waals surface area contributed by atoms with Crippen molar-refractivity contribution in [3.63, 3.8) is 0 Å². The first-order valence-corrected chi connectivity index (χ1v) is 6.26. The van der Waals surface area contributed by atoms with Gasteiger partial charge < -0.3 is 5.11 Å². The summed E-state index contributed by atoms with van der Waals surface area (Å²) in [5, 5.41) is 12.7. The highest BCUT2D eigenvalue weighted by atomic mass is 32.2. The smallest absolute Gasteiger partial charge is 0.117 e. The van der Waals surface area contributed by atoms with E-state index in [0.717, 1.165) is 5.75 Å². The second-order valence-electron chi connectivity index (χ2n) is 2.87. The summed E-state index contributed by atoms with van der Waals surface area (Å²) in [4.78, 5) is 0. The van der Waals surface area contributed by atoms with Gasteiger partial charge in [-0.1, -0.05) is 0 Å². The van der Waals surface area contributed by atoms with Crippen LogP contribution in [0.15, 0.2) is 23.6 Å². The van der Waals surface area contributed by atoms with Gasteiger partial charge in [0.15, 0.2) is 0 Å². The highest BCUT2D eigenvalue weighted by Gasteiger charge is 2.03. The number of benzene rings is 1. The van der Waals surface area contributed by atoms with Crippen molar-refractivity contribution in [2.75, 3.05) is 6.26 Å². The fourth-order valence-corrected chi connectivity index (χ4v) is 2.99. The molecule has 1 heterocycles. The third-order valence-electron chi connectivity index (χ3n) is 1.94. The maximum atomic E-state index is 9.27. The summed E-state index contributed by atoms with van der Waals surface area (Å²) in [6.45, 7) is 0. The molecule has 0 spiro atoms. The quantitative estimate of drug-likeness (QED) is 0.819. The number of phenolic OH excluding ortho intramolecular Hbond substituents is 1. The Labute approximate surface area is 85.4 Å². The number of hydrogen-bond acceptors (Lipinski definition) is 3. The van der Waals surface area contributed by atoms with Crippen LogP contribution in [0.25, 0.3) is 10.1 Å². The number of thioether (sulfide) groups is 1. The van der Waals surface area contributed by atoms with Crippen molar-refractivity contribution in [3.05, 3.63) is 29.1 Å². The Balaban J connectivity index is 2.55. The third kappa shape index (κ3) is 1.67. The Morgan fingerprint density at radius 1 is 1.46 bits per heavy atom. The summed E-state index contributed by atoms with van der Waals surface area (Å²) in [6.07, 6.45) is 2.10. The maximum absolute atomic E-state index is 9.27. The number of hydrogen-bond donors (Lipinski definition) is 1. The Bertz CT molecular complexity index is 420. The van der Waals surface area contributed by atoms with Gasteiger partial charge >= 0.3 is 0 Å². The zero-order valence-corrected chi connectivity index (χ0v) is 8.91. The van der Waals surface area contributed by atoms with Gasteiger partial charge in [-0.3, -0.25) is 0 Å². The first-order chi connectivity index (χ1) is 6.31. The number of rotatable bonds is 2. The molecule has 0 atom stereocenters. The van der Waals surface area contributed by atoms with Crippen molar-refractivity contribution in [1.29, 1.82) is 0 Å². The van der Waals surface area contributed by atoms with E-state index in [0.29, 0.717) is 5.75 Å². The molecular weight excluding hydrogens is 200 g/mol. The molecule has 68 valence electrons. The van der Waals surface area contributed by atoms with Gasteiger partial charge in [0, 0.05) is 10.5 Å². The Morgan fingerprint density at radius 3 is 3.08 bits per heavy atom. The van der Waals surface area contributed by atoms with Gasteiger partial charge in [-0.15, -0.1) is 11.3 Å². The van der Waals surface area contributed by atoms with Crippen LogP contribution in [0.4, 0.5) is 0 Å². The minimum absolute atomic E-state index is 0.352. The molecule has 0 saturated heterocycles. The minimum Gasteiger partial charge on any atom is -0.508 e. The highest BCUT2D eigenvalue weighted by molar-refractivity contribution is 7.97. The van der Waals surface area contributed by atoms with Gasteiger partial charge in [0.05, 0.1) is 0 Å². The zero-order valence-electron chi connectivity index (χ0n) is 7.28. The second kappa shape index (κ2) is 3.60. The van der Waals surface area contributed by atoms with Crippen LogP contribution in [0.2, 0.25) is 0 Å².